The Bertz CT molecular complexity index is 1250. The summed E-state index contributed by atoms with van der Waals surface area (Å²) < 4.78 is 0. The number of hydrazone groups is 1. The Balaban J connectivity index is 1.74. The third kappa shape index (κ3) is 3.41. The molecule has 0 N–H and O–H groups in total. The maximum absolute atomic E-state index is 14.4. The summed E-state index contributed by atoms with van der Waals surface area (Å²) in [7, 11) is 0. The molecule has 0 bridgehead atoms. The van der Waals surface area contributed by atoms with Gasteiger partial charge in [0.2, 0.25) is 0 Å². The molecule has 1 fully saturated rings. The van der Waals surface area contributed by atoms with Gasteiger partial charge >= 0.3 is 0 Å². The number of amides is 1. The Labute approximate surface area is 198 Å². The van der Waals surface area contributed by atoms with Gasteiger partial charge in [-0.1, -0.05) is 77.8 Å². The molecule has 1 amide bonds. The van der Waals surface area contributed by atoms with Gasteiger partial charge in [-0.25, -0.2) is 0 Å². The summed E-state index contributed by atoms with van der Waals surface area (Å²) in [5.41, 5.74) is 3.37. The number of hydrogen-bond acceptors (Lipinski definition) is 3. The number of halogens is 1. The van der Waals surface area contributed by atoms with Crippen LogP contribution >= 0.6 is 11.6 Å². The number of ketones is 1. The van der Waals surface area contributed by atoms with E-state index in [9.17, 15) is 9.59 Å². The molecule has 4 nitrogen and oxygen atoms in total. The van der Waals surface area contributed by atoms with Gasteiger partial charge in [0.05, 0.1) is 11.4 Å². The Morgan fingerprint density at radius 3 is 2.18 bits per heavy atom. The molecule has 1 spiro atoms. The number of carbonyl (C=O) groups excluding carboxylic acids is 2. The molecule has 0 unspecified atom stereocenters. The van der Waals surface area contributed by atoms with Gasteiger partial charge in [0.1, 0.15) is 11.2 Å². The van der Waals surface area contributed by atoms with Crippen LogP contribution < -0.4 is 5.01 Å². The minimum Gasteiger partial charge on any atom is -0.300 e. The second-order valence-electron chi connectivity index (χ2n) is 8.99. The van der Waals surface area contributed by atoms with Gasteiger partial charge in [0.25, 0.3) is 5.91 Å². The van der Waals surface area contributed by atoms with E-state index in [0.29, 0.717) is 11.4 Å². The van der Waals surface area contributed by atoms with Crippen molar-refractivity contribution < 1.29 is 9.59 Å². The van der Waals surface area contributed by atoms with E-state index in [-0.39, 0.29) is 24.0 Å². The average molecular weight is 457 g/mol. The number of anilines is 1. The number of rotatable bonds is 3. The Morgan fingerprint density at radius 2 is 1.48 bits per heavy atom. The molecule has 0 saturated heterocycles. The fourth-order valence-corrected chi connectivity index (χ4v) is 5.82. The SMILES string of the molecule is CC1=NN(c2ccccc2)C(=O)[C@@]12[C@@H](c1ccc(C)cc1)CC(=O)C[C@@H]2c1ccccc1Cl. The standard InChI is InChI=1S/C28H25ClN2O2/c1-18-12-14-20(15-13-18)24-16-22(32)17-25(23-10-6-7-11-26(23)29)28(24)19(2)30-31(27(28)33)21-8-4-3-5-9-21/h3-15,24-25H,16-17H2,1-2H3/t24-,25-,28-/m1/s1. The topological polar surface area (TPSA) is 49.7 Å². The zero-order chi connectivity index (χ0) is 23.2. The molecule has 1 saturated carbocycles. The summed E-state index contributed by atoms with van der Waals surface area (Å²) in [4.78, 5) is 27.5. The first-order valence-corrected chi connectivity index (χ1v) is 11.6. The minimum absolute atomic E-state index is 0.103. The maximum Gasteiger partial charge on any atom is 0.260 e. The molecule has 0 aromatic heterocycles. The predicted molar refractivity (Wildman–Crippen MR) is 132 cm³/mol. The molecule has 0 radical (unpaired) electrons. The van der Waals surface area contributed by atoms with Crippen molar-refractivity contribution in [1.29, 1.82) is 0 Å². The van der Waals surface area contributed by atoms with E-state index in [4.69, 9.17) is 16.7 Å². The van der Waals surface area contributed by atoms with E-state index in [1.807, 2.05) is 92.7 Å². The molecule has 5 rings (SSSR count). The summed E-state index contributed by atoms with van der Waals surface area (Å²) in [5.74, 6) is -0.696. The van der Waals surface area contributed by atoms with Gasteiger partial charge < -0.3 is 0 Å². The lowest BCUT2D eigenvalue weighted by molar-refractivity contribution is -0.131. The summed E-state index contributed by atoms with van der Waals surface area (Å²) in [6, 6.07) is 25.2. The Morgan fingerprint density at radius 1 is 0.848 bits per heavy atom. The molecule has 1 heterocycles. The van der Waals surface area contributed by atoms with Crippen molar-refractivity contribution in [2.45, 2.75) is 38.5 Å². The van der Waals surface area contributed by atoms with Gasteiger partial charge in [0.15, 0.2) is 0 Å². The van der Waals surface area contributed by atoms with Crippen LogP contribution in [0.15, 0.2) is 84.0 Å². The van der Waals surface area contributed by atoms with E-state index in [1.54, 1.807) is 0 Å². The van der Waals surface area contributed by atoms with E-state index in [1.165, 1.54) is 5.01 Å². The number of Topliss-reactive ketones (excluding diaryl/α,β-unsaturated/α-hetero) is 1. The first-order valence-electron chi connectivity index (χ1n) is 11.2. The van der Waals surface area contributed by atoms with Crippen LogP contribution in [-0.2, 0) is 9.59 Å². The molecule has 3 aromatic rings. The van der Waals surface area contributed by atoms with Crippen LogP contribution in [0.3, 0.4) is 0 Å². The van der Waals surface area contributed by atoms with Crippen LogP contribution in [0.25, 0.3) is 0 Å². The van der Waals surface area contributed by atoms with E-state index >= 15 is 0 Å². The Hall–Kier alpha value is -3.24. The molecule has 1 aliphatic heterocycles. The summed E-state index contributed by atoms with van der Waals surface area (Å²) in [5, 5.41) is 6.86. The highest BCUT2D eigenvalue weighted by Gasteiger charge is 2.62. The quantitative estimate of drug-likeness (QED) is 0.465. The molecule has 5 heteroatoms. The smallest absolute Gasteiger partial charge is 0.260 e. The highest BCUT2D eigenvalue weighted by atomic mass is 35.5. The largest absolute Gasteiger partial charge is 0.300 e. The zero-order valence-corrected chi connectivity index (χ0v) is 19.4. The van der Waals surface area contributed by atoms with E-state index in [2.05, 4.69) is 0 Å². The predicted octanol–water partition coefficient (Wildman–Crippen LogP) is 6.29. The van der Waals surface area contributed by atoms with Crippen molar-refractivity contribution in [1.82, 2.24) is 0 Å². The van der Waals surface area contributed by atoms with Crippen molar-refractivity contribution in [2.24, 2.45) is 10.5 Å². The monoisotopic (exact) mass is 456 g/mol. The molecule has 33 heavy (non-hydrogen) atoms. The fraction of sp³-hybridized carbons (Fsp3) is 0.250. The van der Waals surface area contributed by atoms with Crippen molar-refractivity contribution in [3.8, 4) is 0 Å². The normalized spacial score (nSPS) is 24.9. The van der Waals surface area contributed by atoms with Crippen LogP contribution in [-0.4, -0.2) is 17.4 Å². The van der Waals surface area contributed by atoms with Crippen molar-refractivity contribution in [2.75, 3.05) is 5.01 Å². The molecule has 3 aromatic carbocycles. The summed E-state index contributed by atoms with van der Waals surface area (Å²) in [6.07, 6.45) is 0.554. The van der Waals surface area contributed by atoms with Crippen LogP contribution in [0.1, 0.15) is 48.3 Å². The van der Waals surface area contributed by atoms with Crippen LogP contribution in [0.2, 0.25) is 5.02 Å². The number of hydrogen-bond donors (Lipinski definition) is 0. The minimum atomic E-state index is -0.996. The second kappa shape index (κ2) is 8.27. The summed E-state index contributed by atoms with van der Waals surface area (Å²) >= 11 is 6.65. The lowest BCUT2D eigenvalue weighted by atomic mass is 9.54. The lowest BCUT2D eigenvalue weighted by Gasteiger charge is -2.46. The van der Waals surface area contributed by atoms with Crippen LogP contribution in [0, 0.1) is 12.3 Å². The molecule has 166 valence electrons. The first-order chi connectivity index (χ1) is 15.9. The molecule has 3 atom stereocenters. The van der Waals surface area contributed by atoms with Crippen molar-refractivity contribution in [3.05, 3.63) is 101 Å². The van der Waals surface area contributed by atoms with Gasteiger partial charge in [-0.3, -0.25) is 9.59 Å². The Kier molecular flexibility index (Phi) is 5.41. The van der Waals surface area contributed by atoms with Crippen molar-refractivity contribution >= 4 is 34.7 Å². The van der Waals surface area contributed by atoms with Crippen LogP contribution in [0.4, 0.5) is 5.69 Å². The first kappa shape index (κ1) is 21.6. The highest BCUT2D eigenvalue weighted by Crippen LogP contribution is 2.59. The third-order valence-electron chi connectivity index (χ3n) is 7.12. The van der Waals surface area contributed by atoms with Crippen molar-refractivity contribution in [3.63, 3.8) is 0 Å². The third-order valence-corrected chi connectivity index (χ3v) is 7.46. The van der Waals surface area contributed by atoms with Gasteiger partial charge in [-0.2, -0.15) is 10.1 Å². The number of carbonyl (C=O) groups is 2. The number of benzene rings is 3. The van der Waals surface area contributed by atoms with Crippen LogP contribution in [0.5, 0.6) is 0 Å². The van der Waals surface area contributed by atoms with Gasteiger partial charge in [0, 0.05) is 29.7 Å². The second-order valence-corrected chi connectivity index (χ2v) is 9.40. The zero-order valence-electron chi connectivity index (χ0n) is 18.7. The maximum atomic E-state index is 14.4. The van der Waals surface area contributed by atoms with E-state index in [0.717, 1.165) is 28.1 Å². The summed E-state index contributed by atoms with van der Waals surface area (Å²) in [6.45, 7) is 3.95. The lowest BCUT2D eigenvalue weighted by Crippen LogP contribution is -2.52. The van der Waals surface area contributed by atoms with E-state index < -0.39 is 11.3 Å². The molecular weight excluding hydrogens is 432 g/mol. The number of para-hydroxylation sites is 1. The molecule has 1 aliphatic carbocycles. The fourth-order valence-electron chi connectivity index (χ4n) is 5.55. The van der Waals surface area contributed by atoms with Gasteiger partial charge in [-0.15, -0.1) is 0 Å². The average Bonchev–Trinajstić information content (AvgIpc) is 3.08. The number of nitrogens with zero attached hydrogens (tertiary/aromatic N) is 2. The van der Waals surface area contributed by atoms with Gasteiger partial charge in [-0.05, 0) is 43.2 Å². The molecular formula is C28H25ClN2O2. The highest BCUT2D eigenvalue weighted by molar-refractivity contribution is 6.31. The molecule has 2 aliphatic rings. The number of aryl methyl sites for hydroxylation is 1.